The molecule has 0 radical (unpaired) electrons. The van der Waals surface area contributed by atoms with Crippen LogP contribution >= 0.6 is 24.0 Å². The molecule has 0 spiro atoms. The van der Waals surface area contributed by atoms with Crippen molar-refractivity contribution in [1.82, 2.24) is 20.4 Å². The average molecular weight is 423 g/mol. The number of hydrogen-bond donors (Lipinski definition) is 2. The van der Waals surface area contributed by atoms with Gasteiger partial charge in [0.2, 0.25) is 0 Å². The molecule has 22 heavy (non-hydrogen) atoms. The maximum Gasteiger partial charge on any atom is 0.191 e. The van der Waals surface area contributed by atoms with E-state index in [9.17, 15) is 0 Å². The molecule has 1 atom stereocenters. The molecule has 7 heteroatoms. The molecule has 0 saturated heterocycles. The smallest absolute Gasteiger partial charge is 0.191 e. The van der Waals surface area contributed by atoms with Crippen LogP contribution in [-0.2, 0) is 18.3 Å². The highest BCUT2D eigenvalue weighted by Crippen LogP contribution is 2.09. The zero-order valence-corrected chi connectivity index (χ0v) is 16.6. The van der Waals surface area contributed by atoms with Gasteiger partial charge >= 0.3 is 0 Å². The van der Waals surface area contributed by atoms with E-state index in [1.807, 2.05) is 24.7 Å². The highest BCUT2D eigenvalue weighted by Gasteiger charge is 2.12. The van der Waals surface area contributed by atoms with E-state index in [4.69, 9.17) is 4.74 Å². The van der Waals surface area contributed by atoms with Gasteiger partial charge < -0.3 is 15.4 Å². The third-order valence-corrected chi connectivity index (χ3v) is 3.43. The van der Waals surface area contributed by atoms with Crippen molar-refractivity contribution in [2.75, 3.05) is 20.2 Å². The van der Waals surface area contributed by atoms with E-state index in [0.717, 1.165) is 31.2 Å². The Morgan fingerprint density at radius 3 is 2.64 bits per heavy atom. The lowest BCUT2D eigenvalue weighted by molar-refractivity contribution is 0.0258. The summed E-state index contributed by atoms with van der Waals surface area (Å²) in [6.07, 6.45) is 3.05. The summed E-state index contributed by atoms with van der Waals surface area (Å²) >= 11 is 0. The lowest BCUT2D eigenvalue weighted by Gasteiger charge is -2.21. The van der Waals surface area contributed by atoms with Crippen molar-refractivity contribution in [2.45, 2.75) is 39.8 Å². The van der Waals surface area contributed by atoms with Crippen LogP contribution in [0.4, 0.5) is 0 Å². The normalized spacial score (nSPS) is 12.9. The van der Waals surface area contributed by atoms with Gasteiger partial charge in [-0.1, -0.05) is 13.8 Å². The Hall–Kier alpha value is -0.830. The summed E-state index contributed by atoms with van der Waals surface area (Å²) in [5, 5.41) is 10.8. The Bertz CT molecular complexity index is 433. The summed E-state index contributed by atoms with van der Waals surface area (Å²) in [6, 6.07) is 1.99. The maximum atomic E-state index is 5.74. The number of halogens is 1. The first kappa shape index (κ1) is 21.2. The number of nitrogens with zero attached hydrogens (tertiary/aromatic N) is 3. The van der Waals surface area contributed by atoms with Crippen LogP contribution in [0.25, 0.3) is 0 Å². The second-order valence-corrected chi connectivity index (χ2v) is 5.33. The minimum absolute atomic E-state index is 0. The summed E-state index contributed by atoms with van der Waals surface area (Å²) in [5.41, 5.74) is 1.12. The van der Waals surface area contributed by atoms with Crippen LogP contribution in [0.5, 0.6) is 0 Å². The summed E-state index contributed by atoms with van der Waals surface area (Å²) in [4.78, 5) is 4.23. The van der Waals surface area contributed by atoms with Gasteiger partial charge in [0, 0.05) is 33.4 Å². The zero-order valence-electron chi connectivity index (χ0n) is 14.3. The summed E-state index contributed by atoms with van der Waals surface area (Å²) in [5.74, 6) is 1.33. The molecule has 0 bridgehead atoms. The van der Waals surface area contributed by atoms with Gasteiger partial charge in [0.15, 0.2) is 5.96 Å². The predicted octanol–water partition coefficient (Wildman–Crippen LogP) is 2.15. The van der Waals surface area contributed by atoms with Gasteiger partial charge in [-0.05, 0) is 25.3 Å². The fourth-order valence-corrected chi connectivity index (χ4v) is 2.13. The van der Waals surface area contributed by atoms with Gasteiger partial charge in [0.05, 0.1) is 18.3 Å². The first-order chi connectivity index (χ1) is 10.1. The van der Waals surface area contributed by atoms with E-state index in [1.54, 1.807) is 13.2 Å². The van der Waals surface area contributed by atoms with Crippen LogP contribution in [0.3, 0.4) is 0 Å². The Balaban J connectivity index is 0.00000441. The van der Waals surface area contributed by atoms with E-state index in [1.165, 1.54) is 0 Å². The van der Waals surface area contributed by atoms with E-state index in [2.05, 4.69) is 34.6 Å². The van der Waals surface area contributed by atoms with Crippen molar-refractivity contribution in [3.8, 4) is 0 Å². The first-order valence-corrected chi connectivity index (χ1v) is 7.61. The van der Waals surface area contributed by atoms with Crippen LogP contribution < -0.4 is 10.6 Å². The van der Waals surface area contributed by atoms with Gasteiger partial charge in [-0.25, -0.2) is 0 Å². The van der Waals surface area contributed by atoms with Crippen LogP contribution in [0.2, 0.25) is 0 Å². The molecule has 1 rings (SSSR count). The first-order valence-electron chi connectivity index (χ1n) is 7.61. The maximum absolute atomic E-state index is 5.74. The molecular formula is C15H30IN5O. The van der Waals surface area contributed by atoms with Crippen LogP contribution in [0, 0.1) is 5.92 Å². The fourth-order valence-electron chi connectivity index (χ4n) is 2.13. The molecule has 0 aliphatic carbocycles. The van der Waals surface area contributed by atoms with E-state index < -0.39 is 0 Å². The highest BCUT2D eigenvalue weighted by atomic mass is 127. The average Bonchev–Trinajstić information content (AvgIpc) is 2.86. The molecule has 0 aliphatic heterocycles. The Kier molecular flexibility index (Phi) is 11.3. The van der Waals surface area contributed by atoms with Crippen molar-refractivity contribution in [3.63, 3.8) is 0 Å². The molecule has 0 fully saturated rings. The molecule has 1 unspecified atom stereocenters. The van der Waals surface area contributed by atoms with Crippen molar-refractivity contribution in [3.05, 3.63) is 18.0 Å². The number of aromatic nitrogens is 2. The molecule has 0 aromatic carbocycles. The van der Waals surface area contributed by atoms with Crippen molar-refractivity contribution < 1.29 is 4.74 Å². The monoisotopic (exact) mass is 423 g/mol. The molecule has 128 valence electrons. The van der Waals surface area contributed by atoms with Crippen molar-refractivity contribution in [1.29, 1.82) is 0 Å². The molecule has 1 heterocycles. The molecule has 6 nitrogen and oxygen atoms in total. The molecule has 0 amide bonds. The zero-order chi connectivity index (χ0) is 15.7. The summed E-state index contributed by atoms with van der Waals surface area (Å²) in [7, 11) is 3.71. The lowest BCUT2D eigenvalue weighted by Crippen LogP contribution is -2.39. The molecule has 2 N–H and O–H groups in total. The van der Waals surface area contributed by atoms with Crippen molar-refractivity contribution >= 4 is 29.9 Å². The molecular weight excluding hydrogens is 393 g/mol. The third kappa shape index (κ3) is 7.44. The van der Waals surface area contributed by atoms with E-state index in [0.29, 0.717) is 12.5 Å². The third-order valence-electron chi connectivity index (χ3n) is 3.43. The van der Waals surface area contributed by atoms with E-state index >= 15 is 0 Å². The highest BCUT2D eigenvalue weighted by molar-refractivity contribution is 14.0. The number of aliphatic imine (C=N–C) groups is 1. The van der Waals surface area contributed by atoms with Gasteiger partial charge in [0.1, 0.15) is 0 Å². The number of hydrogen-bond acceptors (Lipinski definition) is 3. The Labute approximate surface area is 151 Å². The van der Waals surface area contributed by atoms with Gasteiger partial charge in [-0.2, -0.15) is 5.10 Å². The molecule has 1 aromatic heterocycles. The standard InChI is InChI=1S/C15H29N5O.HI/c1-6-21-14(12(2)3)8-9-17-15(16-4)18-11-13-7-10-19-20(13)5;/h7,10,12,14H,6,8-9,11H2,1-5H3,(H2,16,17,18);1H. The predicted molar refractivity (Wildman–Crippen MR) is 102 cm³/mol. The summed E-state index contributed by atoms with van der Waals surface area (Å²) in [6.45, 7) is 8.72. The van der Waals surface area contributed by atoms with Crippen molar-refractivity contribution in [2.24, 2.45) is 18.0 Å². The number of aryl methyl sites for hydroxylation is 1. The number of nitrogens with one attached hydrogen (secondary N) is 2. The van der Waals surface area contributed by atoms with E-state index in [-0.39, 0.29) is 30.1 Å². The lowest BCUT2D eigenvalue weighted by atomic mass is 10.0. The quantitative estimate of drug-likeness (QED) is 0.382. The topological polar surface area (TPSA) is 63.5 Å². The molecule has 0 aliphatic rings. The van der Waals surface area contributed by atoms with Gasteiger partial charge in [-0.15, -0.1) is 24.0 Å². The summed E-state index contributed by atoms with van der Waals surface area (Å²) < 4.78 is 7.59. The minimum atomic E-state index is 0. The van der Waals surface area contributed by atoms with Crippen LogP contribution in [-0.4, -0.2) is 42.0 Å². The Morgan fingerprint density at radius 1 is 1.41 bits per heavy atom. The molecule has 1 aromatic rings. The molecule has 0 saturated carbocycles. The second kappa shape index (κ2) is 11.7. The fraction of sp³-hybridized carbons (Fsp3) is 0.733. The van der Waals surface area contributed by atoms with Gasteiger partial charge in [0.25, 0.3) is 0 Å². The number of rotatable bonds is 8. The SMILES string of the molecule is CCOC(CCNC(=NC)NCc1ccnn1C)C(C)C.I. The van der Waals surface area contributed by atoms with Crippen LogP contribution in [0.15, 0.2) is 17.3 Å². The van der Waals surface area contributed by atoms with Gasteiger partial charge in [-0.3, -0.25) is 9.67 Å². The largest absolute Gasteiger partial charge is 0.378 e. The second-order valence-electron chi connectivity index (χ2n) is 5.33. The minimum Gasteiger partial charge on any atom is -0.378 e. The van der Waals surface area contributed by atoms with Crippen LogP contribution in [0.1, 0.15) is 32.9 Å². The number of ether oxygens (including phenoxy) is 1. The Morgan fingerprint density at radius 2 is 2.14 bits per heavy atom. The number of guanidine groups is 1.